The van der Waals surface area contributed by atoms with Gasteiger partial charge in [-0.3, -0.25) is 4.40 Å². The number of hydrogen-bond donors (Lipinski definition) is 0. The van der Waals surface area contributed by atoms with E-state index in [2.05, 4.69) is 9.97 Å². The summed E-state index contributed by atoms with van der Waals surface area (Å²) in [6.07, 6.45) is -3.23. The zero-order valence-electron chi connectivity index (χ0n) is 12.3. The molecular weight excluding hydrogens is 330 g/mol. The summed E-state index contributed by atoms with van der Waals surface area (Å²) in [7, 11) is 0. The van der Waals surface area contributed by atoms with Gasteiger partial charge in [0.2, 0.25) is 5.78 Å². The molecule has 0 amide bonds. The van der Waals surface area contributed by atoms with Crippen molar-refractivity contribution >= 4 is 22.8 Å². The highest BCUT2D eigenvalue weighted by Gasteiger charge is 2.48. The van der Waals surface area contributed by atoms with Gasteiger partial charge < -0.3 is 4.74 Å². The number of alkyl halides is 4. The molecule has 0 N–H and O–H groups in total. The number of para-hydroxylation sites is 2. The van der Waals surface area contributed by atoms with E-state index in [4.69, 9.17) is 4.74 Å². The van der Waals surface area contributed by atoms with Gasteiger partial charge in [-0.1, -0.05) is 12.1 Å². The third-order valence-corrected chi connectivity index (χ3v) is 3.42. The minimum Gasteiger partial charge on any atom is -0.462 e. The van der Waals surface area contributed by atoms with E-state index in [0.29, 0.717) is 0 Å². The summed E-state index contributed by atoms with van der Waals surface area (Å²) in [6, 6.07) is 6.11. The largest absolute Gasteiger partial charge is 0.462 e. The summed E-state index contributed by atoms with van der Waals surface area (Å²) in [5.41, 5.74) is -1.48. The van der Waals surface area contributed by atoms with Crippen LogP contribution in [-0.2, 0) is 10.7 Å². The quantitative estimate of drug-likeness (QED) is 0.539. The van der Waals surface area contributed by atoms with E-state index >= 15 is 0 Å². The molecule has 5 nitrogen and oxygen atoms in total. The van der Waals surface area contributed by atoms with E-state index in [1.54, 1.807) is 6.07 Å². The Balaban J connectivity index is 2.44. The number of carbonyl (C=O) groups is 1. The smallest absolute Gasteiger partial charge is 0.348 e. The van der Waals surface area contributed by atoms with Crippen molar-refractivity contribution in [3.63, 3.8) is 0 Å². The summed E-state index contributed by atoms with van der Waals surface area (Å²) < 4.78 is 60.0. The molecule has 24 heavy (non-hydrogen) atoms. The number of fused-ring (bicyclic) bond motifs is 3. The Labute approximate surface area is 132 Å². The second-order valence-electron chi connectivity index (χ2n) is 4.90. The van der Waals surface area contributed by atoms with Crippen LogP contribution in [0.1, 0.15) is 23.0 Å². The van der Waals surface area contributed by atoms with E-state index in [1.165, 1.54) is 25.1 Å². The first-order valence-electron chi connectivity index (χ1n) is 6.97. The molecule has 0 spiro atoms. The summed E-state index contributed by atoms with van der Waals surface area (Å²) in [5, 5.41) is 0. The fraction of sp³-hybridized carbons (Fsp3) is 0.267. The predicted octanol–water partition coefficient (Wildman–Crippen LogP) is 3.42. The van der Waals surface area contributed by atoms with Crippen LogP contribution < -0.4 is 0 Å². The van der Waals surface area contributed by atoms with E-state index in [1.807, 2.05) is 0 Å². The minimum absolute atomic E-state index is 0.0960. The van der Waals surface area contributed by atoms with Gasteiger partial charge in [0.15, 0.2) is 0 Å². The number of rotatable bonds is 4. The van der Waals surface area contributed by atoms with Gasteiger partial charge in [-0.15, -0.1) is 0 Å². The fourth-order valence-corrected chi connectivity index (χ4v) is 2.41. The highest BCUT2D eigenvalue weighted by atomic mass is 19.3. The Morgan fingerprint density at radius 3 is 2.71 bits per heavy atom. The standard InChI is InChI=1S/C15H11F4N3O2/c1-2-24-12(23)8-7-20-14-21-9-5-3-4-6-10(9)22(14)11(8)15(18,19)13(16)17/h3-7,13H,2H2,1H3. The molecule has 0 saturated carbocycles. The van der Waals surface area contributed by atoms with Crippen LogP contribution in [0.5, 0.6) is 0 Å². The molecule has 0 aliphatic carbocycles. The molecule has 0 unspecified atom stereocenters. The number of carbonyl (C=O) groups excluding carboxylic acids is 1. The maximum atomic E-state index is 14.2. The van der Waals surface area contributed by atoms with Crippen molar-refractivity contribution in [1.29, 1.82) is 0 Å². The SMILES string of the molecule is CCOC(=O)c1cnc2nc3ccccc3n2c1C(F)(F)C(F)F. The number of imidazole rings is 1. The molecule has 0 bridgehead atoms. The molecule has 3 aromatic rings. The first kappa shape index (κ1) is 16.2. The zero-order valence-corrected chi connectivity index (χ0v) is 12.3. The molecule has 3 rings (SSSR count). The van der Waals surface area contributed by atoms with Crippen LogP contribution >= 0.6 is 0 Å². The van der Waals surface area contributed by atoms with Crippen LogP contribution in [0.4, 0.5) is 17.6 Å². The normalized spacial score (nSPS) is 12.2. The van der Waals surface area contributed by atoms with Gasteiger partial charge in [-0.05, 0) is 19.1 Å². The van der Waals surface area contributed by atoms with Gasteiger partial charge in [0.05, 0.1) is 17.6 Å². The predicted molar refractivity (Wildman–Crippen MR) is 76.3 cm³/mol. The summed E-state index contributed by atoms with van der Waals surface area (Å²) in [4.78, 5) is 19.8. The highest BCUT2D eigenvalue weighted by Crippen LogP contribution is 2.38. The molecule has 0 fully saturated rings. The number of aromatic nitrogens is 3. The van der Waals surface area contributed by atoms with Crippen molar-refractivity contribution in [2.75, 3.05) is 6.61 Å². The Hall–Kier alpha value is -2.71. The van der Waals surface area contributed by atoms with Crippen LogP contribution in [0.15, 0.2) is 30.5 Å². The molecular formula is C15H11F4N3O2. The fourth-order valence-electron chi connectivity index (χ4n) is 2.41. The van der Waals surface area contributed by atoms with Gasteiger partial charge in [0.1, 0.15) is 11.3 Å². The number of benzene rings is 1. The summed E-state index contributed by atoms with van der Waals surface area (Å²) >= 11 is 0. The number of nitrogens with zero attached hydrogens (tertiary/aromatic N) is 3. The third-order valence-electron chi connectivity index (χ3n) is 3.42. The third kappa shape index (κ3) is 2.36. The van der Waals surface area contributed by atoms with Gasteiger partial charge in [-0.25, -0.2) is 23.5 Å². The summed E-state index contributed by atoms with van der Waals surface area (Å²) in [6.45, 7) is 1.38. The average molecular weight is 341 g/mol. The van der Waals surface area contributed by atoms with Crippen LogP contribution in [0, 0.1) is 0 Å². The molecule has 0 aliphatic heterocycles. The van der Waals surface area contributed by atoms with Crippen molar-refractivity contribution in [3.05, 3.63) is 41.7 Å². The molecule has 0 atom stereocenters. The Morgan fingerprint density at radius 2 is 2.04 bits per heavy atom. The Kier molecular flexibility index (Phi) is 3.86. The molecule has 0 radical (unpaired) electrons. The van der Waals surface area contributed by atoms with Crippen molar-refractivity contribution < 1.29 is 27.1 Å². The lowest BCUT2D eigenvalue weighted by Crippen LogP contribution is -2.30. The molecule has 126 valence electrons. The van der Waals surface area contributed by atoms with E-state index < -0.39 is 29.6 Å². The second-order valence-corrected chi connectivity index (χ2v) is 4.90. The monoisotopic (exact) mass is 341 g/mol. The van der Waals surface area contributed by atoms with Crippen molar-refractivity contribution in [2.45, 2.75) is 19.3 Å². The van der Waals surface area contributed by atoms with Crippen LogP contribution in [-0.4, -0.2) is 33.4 Å². The number of hydrogen-bond acceptors (Lipinski definition) is 4. The van der Waals surface area contributed by atoms with Gasteiger partial charge >= 0.3 is 18.3 Å². The second kappa shape index (κ2) is 5.73. The van der Waals surface area contributed by atoms with Crippen LogP contribution in [0.25, 0.3) is 16.8 Å². The Morgan fingerprint density at radius 1 is 1.33 bits per heavy atom. The lowest BCUT2D eigenvalue weighted by Gasteiger charge is -2.20. The number of esters is 1. The number of halogens is 4. The summed E-state index contributed by atoms with van der Waals surface area (Å²) in [5.74, 6) is -5.95. The van der Waals surface area contributed by atoms with Gasteiger partial charge in [-0.2, -0.15) is 8.78 Å². The van der Waals surface area contributed by atoms with Crippen LogP contribution in [0.3, 0.4) is 0 Å². The molecule has 0 aliphatic rings. The number of ether oxygens (including phenoxy) is 1. The lowest BCUT2D eigenvalue weighted by atomic mass is 10.1. The molecule has 0 saturated heterocycles. The molecule has 2 aromatic heterocycles. The molecule has 1 aromatic carbocycles. The first-order valence-corrected chi connectivity index (χ1v) is 6.97. The van der Waals surface area contributed by atoms with Crippen LogP contribution in [0.2, 0.25) is 0 Å². The zero-order chi connectivity index (χ0) is 17.5. The molecule has 9 heteroatoms. The lowest BCUT2D eigenvalue weighted by molar-refractivity contribution is -0.138. The topological polar surface area (TPSA) is 56.5 Å². The van der Waals surface area contributed by atoms with Crippen molar-refractivity contribution in [3.8, 4) is 0 Å². The van der Waals surface area contributed by atoms with Crippen molar-refractivity contribution in [1.82, 2.24) is 14.4 Å². The highest BCUT2D eigenvalue weighted by molar-refractivity contribution is 5.92. The van der Waals surface area contributed by atoms with E-state index in [-0.39, 0.29) is 23.4 Å². The van der Waals surface area contributed by atoms with E-state index in [9.17, 15) is 22.4 Å². The Bertz CT molecular complexity index is 924. The maximum absolute atomic E-state index is 14.2. The van der Waals surface area contributed by atoms with E-state index in [0.717, 1.165) is 10.6 Å². The van der Waals surface area contributed by atoms with Gasteiger partial charge in [0, 0.05) is 6.20 Å². The minimum atomic E-state index is -4.59. The van der Waals surface area contributed by atoms with Gasteiger partial charge in [0.25, 0.3) is 0 Å². The maximum Gasteiger partial charge on any atom is 0.348 e. The first-order chi connectivity index (χ1) is 11.4. The molecule has 2 heterocycles. The van der Waals surface area contributed by atoms with Crippen molar-refractivity contribution in [2.24, 2.45) is 0 Å². The average Bonchev–Trinajstić information content (AvgIpc) is 2.92.